The van der Waals surface area contributed by atoms with Crippen molar-refractivity contribution >= 4 is 17.9 Å². The summed E-state index contributed by atoms with van der Waals surface area (Å²) >= 11 is 0. The molecule has 0 aromatic heterocycles. The second-order valence-corrected chi connectivity index (χ2v) is 18.8. The molecule has 0 spiro atoms. The lowest BCUT2D eigenvalue weighted by Gasteiger charge is -2.18. The van der Waals surface area contributed by atoms with Crippen molar-refractivity contribution in [1.82, 2.24) is 0 Å². The van der Waals surface area contributed by atoms with E-state index in [-0.39, 0.29) is 31.1 Å². The Bertz CT molecular complexity index is 1200. The average Bonchev–Trinajstić information content (AvgIpc) is 3.31. The summed E-state index contributed by atoms with van der Waals surface area (Å²) in [7, 11) is 0. The van der Waals surface area contributed by atoms with E-state index in [2.05, 4.69) is 81.5 Å². The van der Waals surface area contributed by atoms with E-state index in [0.717, 1.165) is 89.9 Å². The Morgan fingerprint density at radius 2 is 0.591 bits per heavy atom. The zero-order chi connectivity index (χ0) is 47.9. The van der Waals surface area contributed by atoms with Gasteiger partial charge in [0.2, 0.25) is 0 Å². The number of rotatable bonds is 51. The van der Waals surface area contributed by atoms with E-state index >= 15 is 0 Å². The Morgan fingerprint density at radius 3 is 0.939 bits per heavy atom. The number of carbonyl (C=O) groups excluding carboxylic acids is 3. The molecule has 0 fully saturated rings. The Balaban J connectivity index is 4.16. The number of carbonyl (C=O) groups is 3. The van der Waals surface area contributed by atoms with Gasteiger partial charge in [-0.25, -0.2) is 0 Å². The predicted molar refractivity (Wildman–Crippen MR) is 284 cm³/mol. The zero-order valence-corrected chi connectivity index (χ0v) is 43.7. The van der Waals surface area contributed by atoms with Crippen LogP contribution in [0.3, 0.4) is 0 Å². The van der Waals surface area contributed by atoms with Crippen LogP contribution in [-0.2, 0) is 28.6 Å². The summed E-state index contributed by atoms with van der Waals surface area (Å²) in [6, 6.07) is 0. The van der Waals surface area contributed by atoms with Gasteiger partial charge >= 0.3 is 17.9 Å². The average molecular weight is 924 g/mol. The molecule has 0 N–H and O–H groups in total. The minimum Gasteiger partial charge on any atom is -0.462 e. The van der Waals surface area contributed by atoms with Gasteiger partial charge in [0.05, 0.1) is 0 Å². The lowest BCUT2D eigenvalue weighted by atomic mass is 10.0. The third-order valence-corrected chi connectivity index (χ3v) is 12.3. The van der Waals surface area contributed by atoms with Gasteiger partial charge in [-0.05, 0) is 83.5 Å². The molecule has 0 saturated heterocycles. The second-order valence-electron chi connectivity index (χ2n) is 18.8. The van der Waals surface area contributed by atoms with Gasteiger partial charge in [0.25, 0.3) is 0 Å². The maximum atomic E-state index is 12.8. The van der Waals surface area contributed by atoms with Crippen molar-refractivity contribution in [2.24, 2.45) is 0 Å². The number of unbranched alkanes of at least 4 members (excludes halogenated alkanes) is 30. The van der Waals surface area contributed by atoms with Crippen molar-refractivity contribution in [3.63, 3.8) is 0 Å². The third kappa shape index (κ3) is 52.1. The lowest BCUT2D eigenvalue weighted by Crippen LogP contribution is -2.30. The Kier molecular flexibility index (Phi) is 52.3. The summed E-state index contributed by atoms with van der Waals surface area (Å²) in [6.45, 7) is 6.49. The molecule has 0 aliphatic rings. The van der Waals surface area contributed by atoms with E-state index in [1.54, 1.807) is 0 Å². The second kappa shape index (κ2) is 54.7. The molecular weight excluding hydrogens is 817 g/mol. The molecular formula is C60H106O6. The molecule has 382 valence electrons. The highest BCUT2D eigenvalue weighted by Gasteiger charge is 2.19. The summed E-state index contributed by atoms with van der Waals surface area (Å²) in [5.74, 6) is -0.884. The lowest BCUT2D eigenvalue weighted by molar-refractivity contribution is -0.167. The first-order valence-corrected chi connectivity index (χ1v) is 28.3. The van der Waals surface area contributed by atoms with Crippen molar-refractivity contribution < 1.29 is 28.6 Å². The standard InChI is InChI=1S/C60H106O6/c1-4-7-10-13-16-18-20-22-24-26-27-28-29-30-31-32-33-34-36-37-39-41-44-47-50-53-59(62)65-56-57(55-64-58(61)52-49-46-43-15-12-9-6-3)66-60(63)54-51-48-45-42-40-38-35-25-23-21-19-17-14-11-8-5-2/h7,10,16,18,22,24-25,27-28,35,57H,4-6,8-9,11-15,17,19-21,23,26,29-34,36-56H2,1-3H3/b10-7-,18-16-,24-22-,28-27-,35-25-. The van der Waals surface area contributed by atoms with E-state index in [1.807, 2.05) is 0 Å². The summed E-state index contributed by atoms with van der Waals surface area (Å²) < 4.78 is 16.8. The Hall–Kier alpha value is -2.89. The predicted octanol–water partition coefficient (Wildman–Crippen LogP) is 18.8. The van der Waals surface area contributed by atoms with Crippen LogP contribution < -0.4 is 0 Å². The van der Waals surface area contributed by atoms with Crippen LogP contribution in [0.1, 0.15) is 284 Å². The first kappa shape index (κ1) is 63.1. The molecule has 0 rings (SSSR count). The molecule has 0 radical (unpaired) electrons. The minimum absolute atomic E-state index is 0.0759. The molecule has 0 bridgehead atoms. The normalized spacial score (nSPS) is 12.5. The summed E-state index contributed by atoms with van der Waals surface area (Å²) in [5, 5.41) is 0. The number of ether oxygens (including phenoxy) is 3. The fraction of sp³-hybridized carbons (Fsp3) is 0.783. The highest BCUT2D eigenvalue weighted by Crippen LogP contribution is 2.16. The fourth-order valence-corrected chi connectivity index (χ4v) is 8.02. The highest BCUT2D eigenvalue weighted by molar-refractivity contribution is 5.71. The first-order chi connectivity index (χ1) is 32.5. The molecule has 0 aliphatic heterocycles. The van der Waals surface area contributed by atoms with Crippen LogP contribution in [-0.4, -0.2) is 37.2 Å². The van der Waals surface area contributed by atoms with Crippen LogP contribution in [0.5, 0.6) is 0 Å². The topological polar surface area (TPSA) is 78.9 Å². The molecule has 0 saturated carbocycles. The van der Waals surface area contributed by atoms with E-state index in [4.69, 9.17) is 14.2 Å². The quantitative estimate of drug-likeness (QED) is 0.0262. The van der Waals surface area contributed by atoms with E-state index in [9.17, 15) is 14.4 Å². The molecule has 0 amide bonds. The summed E-state index contributed by atoms with van der Waals surface area (Å²) in [6.07, 6.45) is 68.0. The maximum absolute atomic E-state index is 12.8. The highest BCUT2D eigenvalue weighted by atomic mass is 16.6. The molecule has 6 nitrogen and oxygen atoms in total. The van der Waals surface area contributed by atoms with Gasteiger partial charge < -0.3 is 14.2 Å². The van der Waals surface area contributed by atoms with Crippen molar-refractivity contribution in [2.45, 2.75) is 290 Å². The van der Waals surface area contributed by atoms with Crippen molar-refractivity contribution in [3.05, 3.63) is 60.8 Å². The summed E-state index contributed by atoms with van der Waals surface area (Å²) in [4.78, 5) is 37.9. The first-order valence-electron chi connectivity index (χ1n) is 28.3. The summed E-state index contributed by atoms with van der Waals surface area (Å²) in [5.41, 5.74) is 0. The maximum Gasteiger partial charge on any atom is 0.306 e. The largest absolute Gasteiger partial charge is 0.462 e. The van der Waals surface area contributed by atoms with Crippen LogP contribution in [0.15, 0.2) is 60.8 Å². The molecule has 0 aromatic carbocycles. The number of hydrogen-bond acceptors (Lipinski definition) is 6. The molecule has 1 atom stereocenters. The van der Waals surface area contributed by atoms with E-state index < -0.39 is 6.10 Å². The molecule has 66 heavy (non-hydrogen) atoms. The van der Waals surface area contributed by atoms with Gasteiger partial charge in [-0.3, -0.25) is 14.4 Å². The van der Waals surface area contributed by atoms with Crippen molar-refractivity contribution in [2.75, 3.05) is 13.2 Å². The number of hydrogen-bond donors (Lipinski definition) is 0. The van der Waals surface area contributed by atoms with Crippen molar-refractivity contribution in [1.29, 1.82) is 0 Å². The van der Waals surface area contributed by atoms with Gasteiger partial charge in [0.1, 0.15) is 13.2 Å². The van der Waals surface area contributed by atoms with Gasteiger partial charge in [-0.1, -0.05) is 242 Å². The fourth-order valence-electron chi connectivity index (χ4n) is 8.02. The Morgan fingerprint density at radius 1 is 0.318 bits per heavy atom. The zero-order valence-electron chi connectivity index (χ0n) is 43.7. The van der Waals surface area contributed by atoms with Gasteiger partial charge in [-0.2, -0.15) is 0 Å². The Labute approximate surface area is 409 Å². The minimum atomic E-state index is -0.775. The van der Waals surface area contributed by atoms with Crippen LogP contribution >= 0.6 is 0 Å². The van der Waals surface area contributed by atoms with Crippen LogP contribution in [0.2, 0.25) is 0 Å². The van der Waals surface area contributed by atoms with Crippen LogP contribution in [0.4, 0.5) is 0 Å². The number of allylic oxidation sites excluding steroid dienone is 10. The third-order valence-electron chi connectivity index (χ3n) is 12.3. The molecule has 0 aromatic rings. The molecule has 0 heterocycles. The smallest absolute Gasteiger partial charge is 0.306 e. The van der Waals surface area contributed by atoms with E-state index in [1.165, 1.54) is 154 Å². The van der Waals surface area contributed by atoms with E-state index in [0.29, 0.717) is 19.3 Å². The van der Waals surface area contributed by atoms with Gasteiger partial charge in [0.15, 0.2) is 6.10 Å². The molecule has 1 unspecified atom stereocenters. The van der Waals surface area contributed by atoms with Crippen molar-refractivity contribution in [3.8, 4) is 0 Å². The SMILES string of the molecule is CC/C=C\C/C=C\C/C=C\C/C=C\CCCCCCCCCCCCCCC(=O)OCC(COC(=O)CCCCCCCCC)OC(=O)CCCCCCC/C=C\CCCCCCCCC. The van der Waals surface area contributed by atoms with Gasteiger partial charge in [0, 0.05) is 19.3 Å². The van der Waals surface area contributed by atoms with Crippen LogP contribution in [0.25, 0.3) is 0 Å². The number of esters is 3. The van der Waals surface area contributed by atoms with Gasteiger partial charge in [-0.15, -0.1) is 0 Å². The molecule has 6 heteroatoms. The van der Waals surface area contributed by atoms with Crippen LogP contribution in [0, 0.1) is 0 Å². The molecule has 0 aliphatic carbocycles. The monoisotopic (exact) mass is 923 g/mol.